The van der Waals surface area contributed by atoms with Crippen LogP contribution in [0, 0.1) is 5.92 Å². The van der Waals surface area contributed by atoms with Crippen LogP contribution in [-0.2, 0) is 6.18 Å². The van der Waals surface area contributed by atoms with Gasteiger partial charge in [-0.25, -0.2) is 4.79 Å². The van der Waals surface area contributed by atoms with Crippen molar-refractivity contribution in [3.8, 4) is 0 Å². The molecule has 112 valence electrons. The number of rotatable bonds is 6. The summed E-state index contributed by atoms with van der Waals surface area (Å²) in [7, 11) is 0. The molecule has 0 aromatic heterocycles. The maximum Gasteiger partial charge on any atom is 0.417 e. The fraction of sp³-hybridized carbons (Fsp3) is 0.500. The monoisotopic (exact) mass is 289 g/mol. The second-order valence-electron chi connectivity index (χ2n) is 5.03. The Balaban J connectivity index is 2.83. The smallest absolute Gasteiger partial charge is 0.417 e. The van der Waals surface area contributed by atoms with Crippen molar-refractivity contribution in [2.75, 3.05) is 11.9 Å². The highest BCUT2D eigenvalue weighted by Crippen LogP contribution is 2.33. The van der Waals surface area contributed by atoms with E-state index in [-0.39, 0.29) is 5.69 Å². The second kappa shape index (κ2) is 6.63. The molecule has 0 fully saturated rings. The zero-order chi connectivity index (χ0) is 15.3. The normalized spacial score (nSPS) is 11.7. The minimum Gasteiger partial charge on any atom is -0.478 e. The topological polar surface area (TPSA) is 49.3 Å². The third-order valence-corrected chi connectivity index (χ3v) is 2.84. The van der Waals surface area contributed by atoms with Crippen molar-refractivity contribution in [1.29, 1.82) is 0 Å². The molecule has 0 unspecified atom stereocenters. The molecule has 0 atom stereocenters. The number of carboxylic acids is 1. The standard InChI is InChI=1S/C14H18F3NO2/c1-9(2)4-3-7-18-10-5-6-11(13(19)20)12(8-10)14(15,16)17/h5-6,8-9,18H,3-4,7H2,1-2H3,(H,19,20). The largest absolute Gasteiger partial charge is 0.478 e. The number of aromatic carboxylic acids is 1. The van der Waals surface area contributed by atoms with Crippen molar-refractivity contribution >= 4 is 11.7 Å². The predicted molar refractivity (Wildman–Crippen MR) is 71.0 cm³/mol. The molecule has 0 aliphatic rings. The minimum atomic E-state index is -4.68. The van der Waals surface area contributed by atoms with E-state index in [1.807, 2.05) is 0 Å². The first kappa shape index (κ1) is 16.3. The molecule has 0 heterocycles. The van der Waals surface area contributed by atoms with Crippen molar-refractivity contribution in [2.24, 2.45) is 5.92 Å². The molecule has 1 aromatic carbocycles. The molecule has 0 aliphatic carbocycles. The highest BCUT2D eigenvalue weighted by atomic mass is 19.4. The molecule has 0 aliphatic heterocycles. The molecule has 1 aromatic rings. The quantitative estimate of drug-likeness (QED) is 0.770. The van der Waals surface area contributed by atoms with E-state index in [1.54, 1.807) is 0 Å². The van der Waals surface area contributed by atoms with Gasteiger partial charge in [-0.2, -0.15) is 13.2 Å². The summed E-state index contributed by atoms with van der Waals surface area (Å²) in [6.07, 6.45) is -2.85. The molecule has 0 spiro atoms. The number of alkyl halides is 3. The minimum absolute atomic E-state index is 0.283. The van der Waals surface area contributed by atoms with Gasteiger partial charge in [0.05, 0.1) is 11.1 Å². The third-order valence-electron chi connectivity index (χ3n) is 2.84. The zero-order valence-electron chi connectivity index (χ0n) is 11.4. The van der Waals surface area contributed by atoms with Gasteiger partial charge >= 0.3 is 12.1 Å². The number of anilines is 1. The van der Waals surface area contributed by atoms with Crippen LogP contribution in [0.1, 0.15) is 42.6 Å². The first-order valence-corrected chi connectivity index (χ1v) is 6.40. The van der Waals surface area contributed by atoms with Crippen LogP contribution in [0.15, 0.2) is 18.2 Å². The molecule has 2 N–H and O–H groups in total. The molecular weight excluding hydrogens is 271 g/mol. The first-order chi connectivity index (χ1) is 9.21. The van der Waals surface area contributed by atoms with E-state index < -0.39 is 23.3 Å². The van der Waals surface area contributed by atoms with Gasteiger partial charge in [-0.1, -0.05) is 13.8 Å². The lowest BCUT2D eigenvalue weighted by Gasteiger charge is -2.13. The van der Waals surface area contributed by atoms with Gasteiger partial charge in [-0.05, 0) is 37.0 Å². The fourth-order valence-corrected chi connectivity index (χ4v) is 1.82. The van der Waals surface area contributed by atoms with Gasteiger partial charge < -0.3 is 10.4 Å². The maximum absolute atomic E-state index is 12.8. The SMILES string of the molecule is CC(C)CCCNc1ccc(C(=O)O)c(C(F)(F)F)c1. The van der Waals surface area contributed by atoms with E-state index in [2.05, 4.69) is 19.2 Å². The molecular formula is C14H18F3NO2. The average Bonchev–Trinajstić information content (AvgIpc) is 2.33. The molecule has 1 rings (SSSR count). The summed E-state index contributed by atoms with van der Waals surface area (Å²) in [6.45, 7) is 4.70. The molecule has 6 heteroatoms. The van der Waals surface area contributed by atoms with Crippen LogP contribution in [-0.4, -0.2) is 17.6 Å². The van der Waals surface area contributed by atoms with Gasteiger partial charge in [0.2, 0.25) is 0 Å². The fourth-order valence-electron chi connectivity index (χ4n) is 1.82. The summed E-state index contributed by atoms with van der Waals surface area (Å²) < 4.78 is 38.4. The summed E-state index contributed by atoms with van der Waals surface area (Å²) in [5.74, 6) is -1.04. The Labute approximate surface area is 115 Å². The molecule has 3 nitrogen and oxygen atoms in total. The van der Waals surface area contributed by atoms with Crippen LogP contribution in [0.25, 0.3) is 0 Å². The number of halogens is 3. The number of benzene rings is 1. The Morgan fingerprint density at radius 1 is 1.35 bits per heavy atom. The summed E-state index contributed by atoms with van der Waals surface area (Å²) in [5, 5.41) is 11.7. The average molecular weight is 289 g/mol. The lowest BCUT2D eigenvalue weighted by molar-refractivity contribution is -0.138. The van der Waals surface area contributed by atoms with Gasteiger partial charge in [0.1, 0.15) is 0 Å². The van der Waals surface area contributed by atoms with Crippen molar-refractivity contribution in [3.05, 3.63) is 29.3 Å². The van der Waals surface area contributed by atoms with Crippen LogP contribution in [0.3, 0.4) is 0 Å². The molecule has 0 amide bonds. The highest BCUT2D eigenvalue weighted by molar-refractivity contribution is 5.90. The summed E-state index contributed by atoms with van der Waals surface area (Å²) in [6, 6.07) is 3.18. The highest BCUT2D eigenvalue weighted by Gasteiger charge is 2.35. The van der Waals surface area contributed by atoms with Gasteiger partial charge in [0.25, 0.3) is 0 Å². The Bertz CT molecular complexity index is 470. The Kier molecular flexibility index (Phi) is 5.42. The lowest BCUT2D eigenvalue weighted by Crippen LogP contribution is -2.14. The van der Waals surface area contributed by atoms with Crippen LogP contribution >= 0.6 is 0 Å². The molecule has 0 saturated heterocycles. The molecule has 0 radical (unpaired) electrons. The number of nitrogens with one attached hydrogen (secondary N) is 1. The molecule has 0 saturated carbocycles. The van der Waals surface area contributed by atoms with Crippen molar-refractivity contribution < 1.29 is 23.1 Å². The number of hydrogen-bond donors (Lipinski definition) is 2. The Hall–Kier alpha value is -1.72. The third kappa shape index (κ3) is 4.75. The Morgan fingerprint density at radius 2 is 2.00 bits per heavy atom. The number of carbonyl (C=O) groups is 1. The van der Waals surface area contributed by atoms with Crippen molar-refractivity contribution in [1.82, 2.24) is 0 Å². The number of hydrogen-bond acceptors (Lipinski definition) is 2. The van der Waals surface area contributed by atoms with E-state index >= 15 is 0 Å². The maximum atomic E-state index is 12.8. The van der Waals surface area contributed by atoms with E-state index in [4.69, 9.17) is 5.11 Å². The van der Waals surface area contributed by atoms with Gasteiger partial charge in [-0.15, -0.1) is 0 Å². The van der Waals surface area contributed by atoms with E-state index in [0.717, 1.165) is 25.0 Å². The van der Waals surface area contributed by atoms with Crippen LogP contribution in [0.4, 0.5) is 18.9 Å². The van der Waals surface area contributed by atoms with Crippen molar-refractivity contribution in [2.45, 2.75) is 32.9 Å². The molecule has 0 bridgehead atoms. The Morgan fingerprint density at radius 3 is 2.50 bits per heavy atom. The van der Waals surface area contributed by atoms with E-state index in [1.165, 1.54) is 6.07 Å². The van der Waals surface area contributed by atoms with Crippen LogP contribution < -0.4 is 5.32 Å². The van der Waals surface area contributed by atoms with Gasteiger partial charge in [-0.3, -0.25) is 0 Å². The van der Waals surface area contributed by atoms with E-state index in [9.17, 15) is 18.0 Å². The molecule has 20 heavy (non-hydrogen) atoms. The van der Waals surface area contributed by atoms with Crippen LogP contribution in [0.5, 0.6) is 0 Å². The van der Waals surface area contributed by atoms with Crippen LogP contribution in [0.2, 0.25) is 0 Å². The zero-order valence-corrected chi connectivity index (χ0v) is 11.4. The van der Waals surface area contributed by atoms with Gasteiger partial charge in [0, 0.05) is 12.2 Å². The van der Waals surface area contributed by atoms with E-state index in [0.29, 0.717) is 12.5 Å². The first-order valence-electron chi connectivity index (χ1n) is 6.40. The second-order valence-corrected chi connectivity index (χ2v) is 5.03. The predicted octanol–water partition coefficient (Wildman–Crippen LogP) is 4.25. The van der Waals surface area contributed by atoms with Gasteiger partial charge in [0.15, 0.2) is 0 Å². The summed E-state index contributed by atoms with van der Waals surface area (Å²) >= 11 is 0. The summed E-state index contributed by atoms with van der Waals surface area (Å²) in [5.41, 5.74) is -1.57. The summed E-state index contributed by atoms with van der Waals surface area (Å²) in [4.78, 5) is 10.8. The lowest BCUT2D eigenvalue weighted by atomic mass is 10.1. The van der Waals surface area contributed by atoms with Crippen molar-refractivity contribution in [3.63, 3.8) is 0 Å². The number of carboxylic acid groups (broad SMARTS) is 1.